The highest BCUT2D eigenvalue weighted by Crippen LogP contribution is 2.42. The molecule has 1 aromatic heterocycles. The molecule has 1 N–H and O–H groups in total. The molecule has 6 rings (SSSR count). The van der Waals surface area contributed by atoms with E-state index in [2.05, 4.69) is 23.2 Å². The number of amides is 2. The number of hydrogen-bond acceptors (Lipinski definition) is 3. The fourth-order valence-electron chi connectivity index (χ4n) is 5.55. The van der Waals surface area contributed by atoms with Gasteiger partial charge < -0.3 is 19.5 Å². The second-order valence-corrected chi connectivity index (χ2v) is 9.25. The van der Waals surface area contributed by atoms with Gasteiger partial charge >= 0.3 is 0 Å². The van der Waals surface area contributed by atoms with Crippen molar-refractivity contribution in [3.8, 4) is 5.75 Å². The van der Waals surface area contributed by atoms with Crippen LogP contribution in [0.15, 0.2) is 78.9 Å². The number of rotatable bonds is 5. The van der Waals surface area contributed by atoms with Gasteiger partial charge in [-0.15, -0.1) is 0 Å². The van der Waals surface area contributed by atoms with Crippen molar-refractivity contribution in [2.45, 2.75) is 24.9 Å². The summed E-state index contributed by atoms with van der Waals surface area (Å²) >= 11 is 0. The molecular weight excluding hydrogens is 438 g/mol. The molecule has 0 aliphatic carbocycles. The second-order valence-electron chi connectivity index (χ2n) is 9.25. The number of hydrogen-bond donors (Lipinski definition) is 1. The van der Waals surface area contributed by atoms with Gasteiger partial charge in [0.2, 0.25) is 11.8 Å². The van der Waals surface area contributed by atoms with E-state index in [0.717, 1.165) is 45.5 Å². The Morgan fingerprint density at radius 3 is 2.46 bits per heavy atom. The number of benzene rings is 3. The SMILES string of the molecule is COc1ccc([C@@H]2c3[nH]c4ccccc4c3C[C@@H]3C(=O)N(CCc4ccccc4)CC(=O)N23)cc1. The molecule has 0 saturated carbocycles. The summed E-state index contributed by atoms with van der Waals surface area (Å²) < 4.78 is 5.35. The molecule has 3 aromatic carbocycles. The minimum atomic E-state index is -0.522. The molecule has 2 amide bonds. The van der Waals surface area contributed by atoms with E-state index in [4.69, 9.17) is 4.74 Å². The maximum absolute atomic E-state index is 13.8. The number of aromatic amines is 1. The van der Waals surface area contributed by atoms with Crippen molar-refractivity contribution in [3.05, 3.63) is 101 Å². The van der Waals surface area contributed by atoms with E-state index in [0.29, 0.717) is 13.0 Å². The fourth-order valence-corrected chi connectivity index (χ4v) is 5.55. The quantitative estimate of drug-likeness (QED) is 0.483. The van der Waals surface area contributed by atoms with Gasteiger partial charge in [-0.05, 0) is 41.3 Å². The van der Waals surface area contributed by atoms with Crippen molar-refractivity contribution in [3.63, 3.8) is 0 Å². The van der Waals surface area contributed by atoms with Crippen LogP contribution in [0.1, 0.15) is 28.4 Å². The van der Waals surface area contributed by atoms with Crippen molar-refractivity contribution in [2.24, 2.45) is 0 Å². The Balaban J connectivity index is 1.40. The summed E-state index contributed by atoms with van der Waals surface area (Å²) in [6.45, 7) is 0.636. The maximum atomic E-state index is 13.8. The van der Waals surface area contributed by atoms with Crippen LogP contribution < -0.4 is 4.74 Å². The van der Waals surface area contributed by atoms with E-state index in [9.17, 15) is 9.59 Å². The number of nitrogens with zero attached hydrogens (tertiary/aromatic N) is 2. The summed E-state index contributed by atoms with van der Waals surface area (Å²) in [6.07, 6.45) is 1.24. The smallest absolute Gasteiger partial charge is 0.246 e. The topological polar surface area (TPSA) is 65.6 Å². The molecule has 2 aliphatic rings. The number of fused-ring (bicyclic) bond motifs is 4. The van der Waals surface area contributed by atoms with Crippen molar-refractivity contribution in [1.29, 1.82) is 0 Å². The molecule has 6 nitrogen and oxygen atoms in total. The van der Waals surface area contributed by atoms with Crippen LogP contribution in [0.2, 0.25) is 0 Å². The summed E-state index contributed by atoms with van der Waals surface area (Å²) in [5, 5.41) is 1.11. The number of para-hydroxylation sites is 1. The molecule has 1 saturated heterocycles. The first-order valence-corrected chi connectivity index (χ1v) is 12.0. The molecular formula is C29H27N3O3. The van der Waals surface area contributed by atoms with Gasteiger partial charge in [-0.1, -0.05) is 60.7 Å². The normalized spacial score (nSPS) is 19.6. The van der Waals surface area contributed by atoms with Gasteiger partial charge in [0, 0.05) is 29.6 Å². The number of ether oxygens (including phenoxy) is 1. The van der Waals surface area contributed by atoms with Crippen LogP contribution in [0.25, 0.3) is 10.9 Å². The molecule has 6 heteroatoms. The Labute approximate surface area is 204 Å². The van der Waals surface area contributed by atoms with E-state index in [1.807, 2.05) is 60.7 Å². The third kappa shape index (κ3) is 3.66. The van der Waals surface area contributed by atoms with Crippen molar-refractivity contribution >= 4 is 22.7 Å². The molecule has 0 unspecified atom stereocenters. The molecule has 1 fully saturated rings. The Bertz CT molecular complexity index is 1390. The molecule has 0 radical (unpaired) electrons. The first-order chi connectivity index (χ1) is 17.1. The Hall–Kier alpha value is -4.06. The minimum Gasteiger partial charge on any atom is -0.497 e. The van der Waals surface area contributed by atoms with Crippen LogP contribution in [0.3, 0.4) is 0 Å². The highest BCUT2D eigenvalue weighted by Gasteiger charge is 2.48. The molecule has 2 aliphatic heterocycles. The van der Waals surface area contributed by atoms with Gasteiger partial charge in [0.05, 0.1) is 19.7 Å². The maximum Gasteiger partial charge on any atom is 0.246 e. The Morgan fingerprint density at radius 2 is 1.69 bits per heavy atom. The van der Waals surface area contributed by atoms with Gasteiger partial charge in [-0.2, -0.15) is 0 Å². The van der Waals surface area contributed by atoms with Crippen LogP contribution in [0.5, 0.6) is 5.75 Å². The summed E-state index contributed by atoms with van der Waals surface area (Å²) in [5.41, 5.74) is 5.26. The van der Waals surface area contributed by atoms with Gasteiger partial charge in [0.15, 0.2) is 0 Å². The molecule has 3 heterocycles. The number of piperazine rings is 1. The van der Waals surface area contributed by atoms with Crippen molar-refractivity contribution in [1.82, 2.24) is 14.8 Å². The number of nitrogens with one attached hydrogen (secondary N) is 1. The Kier molecular flexibility index (Phi) is 5.29. The highest BCUT2D eigenvalue weighted by molar-refractivity contribution is 5.97. The van der Waals surface area contributed by atoms with Crippen LogP contribution in [-0.4, -0.2) is 52.8 Å². The molecule has 0 bridgehead atoms. The number of carbonyl (C=O) groups is 2. The molecule has 2 atom stereocenters. The predicted octanol–water partition coefficient (Wildman–Crippen LogP) is 4.10. The predicted molar refractivity (Wildman–Crippen MR) is 134 cm³/mol. The lowest BCUT2D eigenvalue weighted by atomic mass is 9.86. The standard InChI is InChI=1S/C29H27N3O3/c1-35-21-13-11-20(12-14-21)28-27-23(22-9-5-6-10-24(22)30-27)17-25-29(34)31(18-26(33)32(25)28)16-15-19-7-3-2-4-8-19/h2-14,25,28,30H,15-18H2,1H3/t25-,28-/m1/s1. The summed E-state index contributed by atoms with van der Waals surface area (Å²) in [5.74, 6) is 0.758. The van der Waals surface area contributed by atoms with Gasteiger partial charge in [-0.25, -0.2) is 0 Å². The zero-order valence-electron chi connectivity index (χ0n) is 19.6. The van der Waals surface area contributed by atoms with Gasteiger partial charge in [0.1, 0.15) is 11.8 Å². The van der Waals surface area contributed by atoms with Crippen LogP contribution >= 0.6 is 0 Å². The van der Waals surface area contributed by atoms with E-state index in [-0.39, 0.29) is 24.4 Å². The monoisotopic (exact) mass is 465 g/mol. The first kappa shape index (κ1) is 21.5. The zero-order valence-corrected chi connectivity index (χ0v) is 19.6. The highest BCUT2D eigenvalue weighted by atomic mass is 16.5. The minimum absolute atomic E-state index is 0.0206. The summed E-state index contributed by atoms with van der Waals surface area (Å²) in [6, 6.07) is 25.2. The molecule has 35 heavy (non-hydrogen) atoms. The summed E-state index contributed by atoms with van der Waals surface area (Å²) in [7, 11) is 1.64. The van der Waals surface area contributed by atoms with E-state index < -0.39 is 6.04 Å². The average Bonchev–Trinajstić information content (AvgIpc) is 3.28. The first-order valence-electron chi connectivity index (χ1n) is 12.0. The number of carbonyl (C=O) groups excluding carboxylic acids is 2. The number of methoxy groups -OCH3 is 1. The largest absolute Gasteiger partial charge is 0.497 e. The van der Waals surface area contributed by atoms with Gasteiger partial charge in [-0.3, -0.25) is 9.59 Å². The van der Waals surface area contributed by atoms with E-state index >= 15 is 0 Å². The van der Waals surface area contributed by atoms with Gasteiger partial charge in [0.25, 0.3) is 0 Å². The van der Waals surface area contributed by atoms with E-state index in [1.165, 1.54) is 0 Å². The number of H-pyrrole nitrogens is 1. The fraction of sp³-hybridized carbons (Fsp3) is 0.241. The Morgan fingerprint density at radius 1 is 0.943 bits per heavy atom. The van der Waals surface area contributed by atoms with Crippen molar-refractivity contribution in [2.75, 3.05) is 20.2 Å². The number of aromatic nitrogens is 1. The lowest BCUT2D eigenvalue weighted by molar-refractivity contribution is -0.158. The molecule has 4 aromatic rings. The zero-order chi connectivity index (χ0) is 23.9. The van der Waals surface area contributed by atoms with Crippen molar-refractivity contribution < 1.29 is 14.3 Å². The van der Waals surface area contributed by atoms with Crippen LogP contribution in [0.4, 0.5) is 0 Å². The van der Waals surface area contributed by atoms with Crippen LogP contribution in [-0.2, 0) is 22.4 Å². The third-order valence-corrected chi connectivity index (χ3v) is 7.29. The average molecular weight is 466 g/mol. The van der Waals surface area contributed by atoms with Crippen LogP contribution in [0, 0.1) is 0 Å². The lowest BCUT2D eigenvalue weighted by Crippen LogP contribution is -2.63. The lowest BCUT2D eigenvalue weighted by Gasteiger charge is -2.47. The molecule has 176 valence electrons. The molecule has 0 spiro atoms. The van der Waals surface area contributed by atoms with E-state index in [1.54, 1.807) is 16.9 Å². The second kappa shape index (κ2) is 8.62. The summed E-state index contributed by atoms with van der Waals surface area (Å²) in [4.78, 5) is 34.5. The third-order valence-electron chi connectivity index (χ3n) is 7.29.